The molecule has 3 N–H and O–H groups in total. The van der Waals surface area contributed by atoms with Gasteiger partial charge in [-0.1, -0.05) is 0 Å². The van der Waals surface area contributed by atoms with Gasteiger partial charge in [0.05, 0.1) is 7.11 Å². The fourth-order valence-corrected chi connectivity index (χ4v) is 1.78. The summed E-state index contributed by atoms with van der Waals surface area (Å²) in [6.07, 6.45) is -4.60. The van der Waals surface area contributed by atoms with Gasteiger partial charge in [-0.3, -0.25) is 0 Å². The van der Waals surface area contributed by atoms with Gasteiger partial charge in [-0.05, 0) is 34.7 Å². The number of aromatic hydroxyl groups is 1. The molecule has 1 aromatic carbocycles. The summed E-state index contributed by atoms with van der Waals surface area (Å²) in [7, 11) is 1.26. The average Bonchev–Trinajstić information content (AvgIpc) is 2.18. The minimum atomic E-state index is -4.60. The average molecular weight is 347 g/mol. The number of benzene rings is 1. The highest BCUT2D eigenvalue weighted by atomic mass is 127. The van der Waals surface area contributed by atoms with E-state index in [1.54, 1.807) is 0 Å². The SMILES string of the molecule is COc1cc(I)cc(C(N)C(F)(F)F)c1O. The lowest BCUT2D eigenvalue weighted by Crippen LogP contribution is -2.28. The van der Waals surface area contributed by atoms with Crippen LogP contribution < -0.4 is 10.5 Å². The number of ether oxygens (including phenoxy) is 1. The third-order valence-corrected chi connectivity index (χ3v) is 2.60. The van der Waals surface area contributed by atoms with Crippen LogP contribution >= 0.6 is 22.6 Å². The molecule has 1 atom stereocenters. The summed E-state index contributed by atoms with van der Waals surface area (Å²) in [6.45, 7) is 0. The van der Waals surface area contributed by atoms with E-state index in [4.69, 9.17) is 10.5 Å². The van der Waals surface area contributed by atoms with Gasteiger partial charge in [0, 0.05) is 9.13 Å². The van der Waals surface area contributed by atoms with Crippen molar-refractivity contribution in [1.82, 2.24) is 0 Å². The van der Waals surface area contributed by atoms with Crippen molar-refractivity contribution in [3.63, 3.8) is 0 Å². The number of hydrogen-bond acceptors (Lipinski definition) is 3. The lowest BCUT2D eigenvalue weighted by atomic mass is 10.1. The van der Waals surface area contributed by atoms with Crippen molar-refractivity contribution in [2.75, 3.05) is 7.11 Å². The third kappa shape index (κ3) is 2.70. The second kappa shape index (κ2) is 4.66. The molecule has 7 heteroatoms. The fraction of sp³-hybridized carbons (Fsp3) is 0.333. The van der Waals surface area contributed by atoms with Gasteiger partial charge < -0.3 is 15.6 Å². The molecule has 1 unspecified atom stereocenters. The van der Waals surface area contributed by atoms with Crippen LogP contribution in [0.2, 0.25) is 0 Å². The summed E-state index contributed by atoms with van der Waals surface area (Å²) in [5, 5.41) is 9.54. The molecule has 0 saturated heterocycles. The molecule has 90 valence electrons. The van der Waals surface area contributed by atoms with E-state index in [-0.39, 0.29) is 5.75 Å². The van der Waals surface area contributed by atoms with Crippen LogP contribution in [-0.2, 0) is 0 Å². The van der Waals surface area contributed by atoms with E-state index in [9.17, 15) is 18.3 Å². The summed E-state index contributed by atoms with van der Waals surface area (Å²) in [5.74, 6) is -0.602. The Bertz CT molecular complexity index is 395. The summed E-state index contributed by atoms with van der Waals surface area (Å²) < 4.78 is 42.5. The number of phenols is 1. The first-order valence-corrected chi connectivity index (χ1v) is 5.24. The van der Waals surface area contributed by atoms with Crippen molar-refractivity contribution in [3.05, 3.63) is 21.3 Å². The Kier molecular flexibility index (Phi) is 3.89. The Morgan fingerprint density at radius 1 is 1.44 bits per heavy atom. The molecule has 0 aromatic heterocycles. The van der Waals surface area contributed by atoms with E-state index in [1.165, 1.54) is 19.2 Å². The highest BCUT2D eigenvalue weighted by Gasteiger charge is 2.40. The first-order chi connectivity index (χ1) is 7.27. The largest absolute Gasteiger partial charge is 0.504 e. The van der Waals surface area contributed by atoms with Gasteiger partial charge in [-0.15, -0.1) is 0 Å². The molecule has 0 heterocycles. The van der Waals surface area contributed by atoms with Gasteiger partial charge in [0.15, 0.2) is 11.5 Å². The summed E-state index contributed by atoms with van der Waals surface area (Å²) in [5.41, 5.74) is 4.63. The van der Waals surface area contributed by atoms with Gasteiger partial charge in [-0.25, -0.2) is 0 Å². The van der Waals surface area contributed by atoms with Crippen molar-refractivity contribution in [2.45, 2.75) is 12.2 Å². The number of phenolic OH excluding ortho intramolecular Hbond substituents is 1. The maximum Gasteiger partial charge on any atom is 0.407 e. The summed E-state index contributed by atoms with van der Waals surface area (Å²) >= 11 is 1.82. The molecule has 0 radical (unpaired) electrons. The Hall–Kier alpha value is -0.700. The van der Waals surface area contributed by atoms with Crippen molar-refractivity contribution in [2.24, 2.45) is 5.73 Å². The standard InChI is InChI=1S/C9H9F3INO2/c1-16-6-3-4(13)2-5(7(6)15)8(14)9(10,11)12/h2-3,8,15H,14H2,1H3. The Balaban J connectivity index is 3.28. The monoisotopic (exact) mass is 347 g/mol. The predicted octanol–water partition coefficient (Wildman–Crippen LogP) is 2.57. The lowest BCUT2D eigenvalue weighted by Gasteiger charge is -2.18. The molecule has 0 aliphatic heterocycles. The van der Waals surface area contributed by atoms with Crippen molar-refractivity contribution in [3.8, 4) is 11.5 Å². The van der Waals surface area contributed by atoms with Crippen LogP contribution in [-0.4, -0.2) is 18.4 Å². The van der Waals surface area contributed by atoms with Gasteiger partial charge in [0.2, 0.25) is 0 Å². The molecule has 0 aliphatic rings. The maximum absolute atomic E-state index is 12.4. The summed E-state index contributed by atoms with van der Waals surface area (Å²) in [6, 6.07) is 0.370. The zero-order valence-corrected chi connectivity index (χ0v) is 10.3. The zero-order chi connectivity index (χ0) is 12.5. The number of rotatable bonds is 2. The van der Waals surface area contributed by atoms with E-state index in [0.717, 1.165) is 0 Å². The molecule has 16 heavy (non-hydrogen) atoms. The van der Waals surface area contributed by atoms with Crippen LogP contribution in [0.3, 0.4) is 0 Å². The summed E-state index contributed by atoms with van der Waals surface area (Å²) in [4.78, 5) is 0. The van der Waals surface area contributed by atoms with E-state index in [0.29, 0.717) is 3.57 Å². The normalized spacial score (nSPS) is 13.6. The first kappa shape index (κ1) is 13.4. The van der Waals surface area contributed by atoms with E-state index in [2.05, 4.69) is 0 Å². The quantitative estimate of drug-likeness (QED) is 0.809. The molecule has 1 aromatic rings. The smallest absolute Gasteiger partial charge is 0.407 e. The minimum absolute atomic E-state index is 0.0263. The highest BCUT2D eigenvalue weighted by molar-refractivity contribution is 14.1. The van der Waals surface area contributed by atoms with Crippen molar-refractivity contribution >= 4 is 22.6 Å². The van der Waals surface area contributed by atoms with Crippen LogP contribution in [0.1, 0.15) is 11.6 Å². The second-order valence-corrected chi connectivity index (χ2v) is 4.31. The molecule has 0 spiro atoms. The molecule has 0 fully saturated rings. The van der Waals surface area contributed by atoms with Gasteiger partial charge in [0.1, 0.15) is 6.04 Å². The Labute approximate surface area is 104 Å². The van der Waals surface area contributed by atoms with Crippen molar-refractivity contribution in [1.29, 1.82) is 0 Å². The van der Waals surface area contributed by atoms with E-state index < -0.39 is 23.5 Å². The number of nitrogens with two attached hydrogens (primary N) is 1. The van der Waals surface area contributed by atoms with E-state index in [1.807, 2.05) is 22.6 Å². The molecular formula is C9H9F3INO2. The zero-order valence-electron chi connectivity index (χ0n) is 8.18. The minimum Gasteiger partial charge on any atom is -0.504 e. The second-order valence-electron chi connectivity index (χ2n) is 3.07. The number of halogens is 4. The van der Waals surface area contributed by atoms with Gasteiger partial charge >= 0.3 is 6.18 Å². The molecule has 1 rings (SSSR count). The lowest BCUT2D eigenvalue weighted by molar-refractivity contribution is -0.149. The topological polar surface area (TPSA) is 55.5 Å². The van der Waals surface area contributed by atoms with Crippen LogP contribution in [0, 0.1) is 3.57 Å². The molecular weight excluding hydrogens is 338 g/mol. The number of methoxy groups -OCH3 is 1. The molecule has 3 nitrogen and oxygen atoms in total. The van der Waals surface area contributed by atoms with Gasteiger partial charge in [0.25, 0.3) is 0 Å². The van der Waals surface area contributed by atoms with Gasteiger partial charge in [-0.2, -0.15) is 13.2 Å². The molecule has 0 aliphatic carbocycles. The van der Waals surface area contributed by atoms with Crippen molar-refractivity contribution < 1.29 is 23.0 Å². The van der Waals surface area contributed by atoms with Crippen LogP contribution in [0.15, 0.2) is 12.1 Å². The maximum atomic E-state index is 12.4. The number of hydrogen-bond donors (Lipinski definition) is 2. The predicted molar refractivity (Wildman–Crippen MR) is 60.4 cm³/mol. The highest BCUT2D eigenvalue weighted by Crippen LogP contribution is 2.40. The Morgan fingerprint density at radius 2 is 2.00 bits per heavy atom. The van der Waals surface area contributed by atoms with Crippen LogP contribution in [0.25, 0.3) is 0 Å². The van der Waals surface area contributed by atoms with Crippen LogP contribution in [0.4, 0.5) is 13.2 Å². The molecule has 0 bridgehead atoms. The molecule has 0 saturated carbocycles. The Morgan fingerprint density at radius 3 is 2.44 bits per heavy atom. The molecule has 0 amide bonds. The number of alkyl halides is 3. The third-order valence-electron chi connectivity index (χ3n) is 1.98. The van der Waals surface area contributed by atoms with Crippen LogP contribution in [0.5, 0.6) is 11.5 Å². The fourth-order valence-electron chi connectivity index (χ4n) is 1.16. The van der Waals surface area contributed by atoms with E-state index >= 15 is 0 Å². The first-order valence-electron chi connectivity index (χ1n) is 4.16.